The van der Waals surface area contributed by atoms with Crippen LogP contribution in [0.15, 0.2) is 79.4 Å². The third kappa shape index (κ3) is 4.04. The zero-order valence-corrected chi connectivity index (χ0v) is 15.3. The number of carbonyl (C=O) groups excluding carboxylic acids is 1. The van der Waals surface area contributed by atoms with Gasteiger partial charge in [0.05, 0.1) is 11.4 Å². The molecule has 9 heteroatoms. The lowest BCUT2D eigenvalue weighted by molar-refractivity contribution is -0.142. The van der Waals surface area contributed by atoms with Crippen LogP contribution in [0.4, 0.5) is 18.9 Å². The smallest absolute Gasteiger partial charge is 0.322 e. The normalized spacial score (nSPS) is 11.3. The summed E-state index contributed by atoms with van der Waals surface area (Å²) in [5, 5.41) is 6.80. The summed E-state index contributed by atoms with van der Waals surface area (Å²) in [6.45, 7) is 0. The van der Waals surface area contributed by atoms with Crippen LogP contribution in [-0.4, -0.2) is 25.7 Å². The van der Waals surface area contributed by atoms with Gasteiger partial charge in [0.1, 0.15) is 5.69 Å². The summed E-state index contributed by atoms with van der Waals surface area (Å²) in [5.74, 6) is -0.389. The predicted molar refractivity (Wildman–Crippen MR) is 104 cm³/mol. The minimum atomic E-state index is -4.61. The van der Waals surface area contributed by atoms with E-state index in [1.165, 1.54) is 49.1 Å². The lowest BCUT2D eigenvalue weighted by atomic mass is 10.2. The van der Waals surface area contributed by atoms with Crippen molar-refractivity contribution in [1.82, 2.24) is 19.7 Å². The zero-order valence-electron chi connectivity index (χ0n) is 15.3. The number of aromatic nitrogens is 4. The van der Waals surface area contributed by atoms with Crippen LogP contribution in [0.2, 0.25) is 0 Å². The van der Waals surface area contributed by atoms with Crippen LogP contribution in [0.3, 0.4) is 0 Å². The van der Waals surface area contributed by atoms with Crippen LogP contribution >= 0.6 is 0 Å². The Hall–Kier alpha value is -4.01. The van der Waals surface area contributed by atoms with Gasteiger partial charge in [-0.05, 0) is 54.6 Å². The number of nitrogens with zero attached hydrogens (tertiary/aromatic N) is 4. The summed E-state index contributed by atoms with van der Waals surface area (Å²) >= 11 is 0. The number of pyridine rings is 2. The van der Waals surface area contributed by atoms with Crippen LogP contribution in [0.5, 0.6) is 0 Å². The minimum absolute atomic E-state index is 0.148. The molecule has 0 unspecified atom stereocenters. The summed E-state index contributed by atoms with van der Waals surface area (Å²) in [5.41, 5.74) is 0.730. The average molecular weight is 409 g/mol. The molecule has 1 amide bonds. The molecule has 0 aliphatic rings. The van der Waals surface area contributed by atoms with Crippen molar-refractivity contribution < 1.29 is 18.0 Å². The Balaban J connectivity index is 1.65. The van der Waals surface area contributed by atoms with Crippen molar-refractivity contribution in [1.29, 1.82) is 0 Å². The van der Waals surface area contributed by atoms with Crippen molar-refractivity contribution in [2.45, 2.75) is 6.18 Å². The number of hydrogen-bond acceptors (Lipinski definition) is 4. The van der Waals surface area contributed by atoms with Crippen molar-refractivity contribution in [2.75, 3.05) is 5.32 Å². The number of carbonyl (C=O) groups is 1. The molecule has 4 aromatic rings. The number of benzene rings is 1. The SMILES string of the molecule is O=C(Nc1ccncc1)c1ccc(-n2nc(-c3cccnc3)cc2C(F)(F)F)cc1. The second-order valence-electron chi connectivity index (χ2n) is 6.30. The van der Waals surface area contributed by atoms with Crippen molar-refractivity contribution in [3.63, 3.8) is 0 Å². The Morgan fingerprint density at radius 2 is 1.67 bits per heavy atom. The molecule has 0 saturated carbocycles. The van der Waals surface area contributed by atoms with Crippen LogP contribution < -0.4 is 5.32 Å². The van der Waals surface area contributed by atoms with Crippen LogP contribution in [0.25, 0.3) is 16.9 Å². The number of hydrogen-bond donors (Lipinski definition) is 1. The van der Waals surface area contributed by atoms with Crippen LogP contribution in [0, 0.1) is 0 Å². The van der Waals surface area contributed by atoms with Gasteiger partial charge in [0.25, 0.3) is 5.91 Å². The van der Waals surface area contributed by atoms with E-state index in [-0.39, 0.29) is 17.3 Å². The van der Waals surface area contributed by atoms with Gasteiger partial charge in [-0.2, -0.15) is 18.3 Å². The van der Waals surface area contributed by atoms with Gasteiger partial charge in [0, 0.05) is 41.6 Å². The highest BCUT2D eigenvalue weighted by atomic mass is 19.4. The Labute approximate surface area is 169 Å². The maximum absolute atomic E-state index is 13.6. The first-order chi connectivity index (χ1) is 14.4. The number of nitrogens with one attached hydrogen (secondary N) is 1. The number of rotatable bonds is 4. The Morgan fingerprint density at radius 1 is 0.933 bits per heavy atom. The Morgan fingerprint density at radius 3 is 2.30 bits per heavy atom. The fraction of sp³-hybridized carbons (Fsp3) is 0.0476. The van der Waals surface area contributed by atoms with Gasteiger partial charge in [-0.15, -0.1) is 0 Å². The van der Waals surface area contributed by atoms with E-state index in [9.17, 15) is 18.0 Å². The molecular formula is C21H14F3N5O. The molecule has 0 saturated heterocycles. The minimum Gasteiger partial charge on any atom is -0.322 e. The van der Waals surface area contributed by atoms with Crippen molar-refractivity contribution in [2.24, 2.45) is 0 Å². The average Bonchev–Trinajstić information content (AvgIpc) is 3.21. The molecule has 1 aromatic carbocycles. The summed E-state index contributed by atoms with van der Waals surface area (Å²) < 4.78 is 41.5. The molecule has 0 bridgehead atoms. The molecule has 0 spiro atoms. The van der Waals surface area contributed by atoms with Gasteiger partial charge >= 0.3 is 6.18 Å². The van der Waals surface area contributed by atoms with Gasteiger partial charge < -0.3 is 5.32 Å². The molecule has 1 N–H and O–H groups in total. The number of anilines is 1. The Bertz CT molecular complexity index is 1160. The van der Waals surface area contributed by atoms with Gasteiger partial charge in [-0.1, -0.05) is 0 Å². The fourth-order valence-electron chi connectivity index (χ4n) is 2.83. The van der Waals surface area contributed by atoms with E-state index in [1.807, 2.05) is 0 Å². The molecule has 30 heavy (non-hydrogen) atoms. The van der Waals surface area contributed by atoms with Crippen molar-refractivity contribution in [3.05, 3.63) is 90.6 Å². The molecule has 0 fully saturated rings. The van der Waals surface area contributed by atoms with Crippen molar-refractivity contribution >= 4 is 11.6 Å². The largest absolute Gasteiger partial charge is 0.433 e. The molecular weight excluding hydrogens is 395 g/mol. The summed E-state index contributed by atoms with van der Waals surface area (Å²) in [6, 6.07) is 13.2. The van der Waals surface area contributed by atoms with Crippen molar-refractivity contribution in [3.8, 4) is 16.9 Å². The highest BCUT2D eigenvalue weighted by molar-refractivity contribution is 6.04. The third-order valence-electron chi connectivity index (χ3n) is 4.27. The second-order valence-corrected chi connectivity index (χ2v) is 6.30. The molecule has 6 nitrogen and oxygen atoms in total. The molecule has 0 aliphatic heterocycles. The van der Waals surface area contributed by atoms with E-state index in [4.69, 9.17) is 0 Å². The van der Waals surface area contributed by atoms with Gasteiger partial charge in [0.15, 0.2) is 0 Å². The van der Waals surface area contributed by atoms with E-state index in [1.54, 1.807) is 24.3 Å². The van der Waals surface area contributed by atoms with Crippen LogP contribution in [0.1, 0.15) is 16.1 Å². The molecule has 0 atom stereocenters. The first kappa shape index (κ1) is 19.3. The Kier molecular flexibility index (Phi) is 5.01. The topological polar surface area (TPSA) is 72.7 Å². The van der Waals surface area contributed by atoms with Gasteiger partial charge in [0.2, 0.25) is 0 Å². The maximum atomic E-state index is 13.6. The molecule has 0 aliphatic carbocycles. The van der Waals surface area contributed by atoms with E-state index in [0.717, 1.165) is 10.7 Å². The van der Waals surface area contributed by atoms with E-state index in [0.29, 0.717) is 16.8 Å². The lowest BCUT2D eigenvalue weighted by Crippen LogP contribution is -2.14. The molecule has 4 rings (SSSR count). The first-order valence-corrected chi connectivity index (χ1v) is 8.81. The number of halogens is 3. The van der Waals surface area contributed by atoms with E-state index in [2.05, 4.69) is 20.4 Å². The van der Waals surface area contributed by atoms with Gasteiger partial charge in [-0.25, -0.2) is 4.68 Å². The monoisotopic (exact) mass is 409 g/mol. The van der Waals surface area contributed by atoms with Gasteiger partial charge in [-0.3, -0.25) is 14.8 Å². The summed E-state index contributed by atoms with van der Waals surface area (Å²) in [7, 11) is 0. The fourth-order valence-corrected chi connectivity index (χ4v) is 2.83. The quantitative estimate of drug-likeness (QED) is 0.535. The second kappa shape index (κ2) is 7.78. The third-order valence-corrected chi connectivity index (χ3v) is 4.27. The summed E-state index contributed by atoms with van der Waals surface area (Å²) in [6.07, 6.45) is 1.44. The molecule has 3 aromatic heterocycles. The lowest BCUT2D eigenvalue weighted by Gasteiger charge is -2.11. The molecule has 150 valence electrons. The van der Waals surface area contributed by atoms with Crippen LogP contribution in [-0.2, 0) is 6.18 Å². The zero-order chi connectivity index (χ0) is 21.1. The number of alkyl halides is 3. The highest BCUT2D eigenvalue weighted by Crippen LogP contribution is 2.34. The summed E-state index contributed by atoms with van der Waals surface area (Å²) in [4.78, 5) is 20.1. The van der Waals surface area contributed by atoms with E-state index < -0.39 is 11.9 Å². The maximum Gasteiger partial charge on any atom is 0.433 e. The predicted octanol–water partition coefficient (Wildman–Crippen LogP) is 4.60. The molecule has 0 radical (unpaired) electrons. The van der Waals surface area contributed by atoms with E-state index >= 15 is 0 Å². The first-order valence-electron chi connectivity index (χ1n) is 8.81. The standard InChI is InChI=1S/C21H14F3N5O/c22-21(23,24)19-12-18(15-2-1-9-26-13-15)28-29(19)17-5-3-14(4-6-17)20(30)27-16-7-10-25-11-8-16/h1-13H,(H,25,27,30). The number of amides is 1. The highest BCUT2D eigenvalue weighted by Gasteiger charge is 2.36. The molecule has 3 heterocycles.